The van der Waals surface area contributed by atoms with E-state index < -0.39 is 0 Å². The predicted octanol–water partition coefficient (Wildman–Crippen LogP) is 3.14. The molecule has 0 aliphatic carbocycles. The van der Waals surface area contributed by atoms with Crippen molar-refractivity contribution in [3.8, 4) is 5.75 Å². The highest BCUT2D eigenvalue weighted by molar-refractivity contribution is 5.62. The van der Waals surface area contributed by atoms with E-state index in [-0.39, 0.29) is 11.6 Å². The number of nitrogens with zero attached hydrogens (tertiary/aromatic N) is 1. The van der Waals surface area contributed by atoms with Crippen molar-refractivity contribution in [2.24, 2.45) is 0 Å². The Hall–Kier alpha value is -2.40. The van der Waals surface area contributed by atoms with Crippen molar-refractivity contribution in [3.05, 3.63) is 65.2 Å². The van der Waals surface area contributed by atoms with Gasteiger partial charge in [0.1, 0.15) is 23.0 Å². The van der Waals surface area contributed by atoms with Crippen LogP contribution in [0.3, 0.4) is 0 Å². The molecule has 2 rings (SSSR count). The Kier molecular flexibility index (Phi) is 5.12. The molecule has 1 heterocycles. The number of methoxy groups -OCH3 is 1. The van der Waals surface area contributed by atoms with Crippen LogP contribution in [0.25, 0.3) is 5.76 Å². The first kappa shape index (κ1) is 16.0. The number of halogens is 1. The first-order valence-corrected chi connectivity index (χ1v) is 6.88. The van der Waals surface area contributed by atoms with E-state index >= 15 is 0 Å². The fourth-order valence-corrected chi connectivity index (χ4v) is 2.05. The minimum atomic E-state index is -0.248. The summed E-state index contributed by atoms with van der Waals surface area (Å²) >= 11 is 0. The number of hydrogen-bond acceptors (Lipinski definition) is 4. The third-order valence-electron chi connectivity index (χ3n) is 3.48. The summed E-state index contributed by atoms with van der Waals surface area (Å²) in [5, 5.41) is 13.4. The fourth-order valence-electron chi connectivity index (χ4n) is 2.05. The second kappa shape index (κ2) is 7.04. The summed E-state index contributed by atoms with van der Waals surface area (Å²) in [5.41, 5.74) is 2.95. The van der Waals surface area contributed by atoms with Crippen LogP contribution < -0.4 is 5.32 Å². The number of ether oxygens (including phenoxy) is 1. The van der Waals surface area contributed by atoms with Crippen molar-refractivity contribution in [1.82, 2.24) is 10.3 Å². The van der Waals surface area contributed by atoms with Gasteiger partial charge in [0.25, 0.3) is 0 Å². The van der Waals surface area contributed by atoms with Crippen molar-refractivity contribution >= 4 is 5.76 Å². The molecule has 4 nitrogen and oxygen atoms in total. The molecule has 0 aliphatic heterocycles. The third kappa shape index (κ3) is 3.62. The van der Waals surface area contributed by atoms with Crippen LogP contribution in [0.4, 0.5) is 4.39 Å². The van der Waals surface area contributed by atoms with E-state index in [2.05, 4.69) is 16.9 Å². The molecule has 0 spiro atoms. The topological polar surface area (TPSA) is 54.4 Å². The van der Waals surface area contributed by atoms with Gasteiger partial charge in [-0.3, -0.25) is 0 Å². The lowest BCUT2D eigenvalue weighted by atomic mass is 10.1. The van der Waals surface area contributed by atoms with Gasteiger partial charge >= 0.3 is 0 Å². The van der Waals surface area contributed by atoms with Gasteiger partial charge in [-0.05, 0) is 35.7 Å². The van der Waals surface area contributed by atoms with Gasteiger partial charge in [-0.2, -0.15) is 0 Å². The molecular formula is C17H19FN2O2. The first-order valence-electron chi connectivity index (χ1n) is 6.88. The number of rotatable bonds is 6. The van der Waals surface area contributed by atoms with Gasteiger partial charge in [0.15, 0.2) is 0 Å². The van der Waals surface area contributed by atoms with E-state index in [4.69, 9.17) is 4.74 Å². The van der Waals surface area contributed by atoms with Crippen LogP contribution in [-0.4, -0.2) is 17.2 Å². The van der Waals surface area contributed by atoms with Gasteiger partial charge in [-0.15, -0.1) is 0 Å². The molecule has 0 aliphatic rings. The summed E-state index contributed by atoms with van der Waals surface area (Å²) in [5.74, 6) is 0.155. The molecule has 0 saturated carbocycles. The maximum atomic E-state index is 12.8. The number of nitrogens with one attached hydrogen (secondary N) is 1. The van der Waals surface area contributed by atoms with E-state index in [1.165, 1.54) is 19.2 Å². The Morgan fingerprint density at radius 2 is 2.00 bits per heavy atom. The zero-order valence-corrected chi connectivity index (χ0v) is 12.7. The Morgan fingerprint density at radius 1 is 1.32 bits per heavy atom. The van der Waals surface area contributed by atoms with Crippen molar-refractivity contribution in [2.75, 3.05) is 7.11 Å². The lowest BCUT2D eigenvalue weighted by Crippen LogP contribution is -2.14. The van der Waals surface area contributed by atoms with E-state index in [1.807, 2.05) is 6.92 Å². The first-order chi connectivity index (χ1) is 10.5. The number of benzene rings is 1. The van der Waals surface area contributed by atoms with Crippen LogP contribution in [-0.2, 0) is 17.8 Å². The van der Waals surface area contributed by atoms with Crippen molar-refractivity contribution in [2.45, 2.75) is 20.0 Å². The SMILES string of the molecule is C=C(OC)c1ncc(CNCc2ccc(F)cc2)c(C)c1O. The highest BCUT2D eigenvalue weighted by Crippen LogP contribution is 2.27. The molecule has 0 saturated heterocycles. The molecule has 5 heteroatoms. The average Bonchev–Trinajstić information content (AvgIpc) is 2.53. The summed E-state index contributed by atoms with van der Waals surface area (Å²) in [6, 6.07) is 6.33. The number of hydrogen-bond donors (Lipinski definition) is 2. The molecule has 0 fully saturated rings. The second-order valence-corrected chi connectivity index (χ2v) is 4.96. The maximum absolute atomic E-state index is 12.8. The fraction of sp³-hybridized carbons (Fsp3) is 0.235. The molecule has 116 valence electrons. The monoisotopic (exact) mass is 302 g/mol. The van der Waals surface area contributed by atoms with Gasteiger partial charge in [-0.1, -0.05) is 18.7 Å². The number of pyridine rings is 1. The molecule has 1 aromatic carbocycles. The largest absolute Gasteiger partial charge is 0.505 e. The van der Waals surface area contributed by atoms with Crippen molar-refractivity contribution < 1.29 is 14.2 Å². The highest BCUT2D eigenvalue weighted by atomic mass is 19.1. The molecule has 0 atom stereocenters. The molecule has 2 aromatic rings. The minimum absolute atomic E-state index is 0.0768. The maximum Gasteiger partial charge on any atom is 0.148 e. The van der Waals surface area contributed by atoms with Crippen molar-refractivity contribution in [3.63, 3.8) is 0 Å². The van der Waals surface area contributed by atoms with Crippen LogP contribution in [0.15, 0.2) is 37.0 Å². The standard InChI is InChI=1S/C17H19FN2O2/c1-11-14(10-20-16(17(11)21)12(2)22-3)9-19-8-13-4-6-15(18)7-5-13/h4-7,10,19,21H,2,8-9H2,1,3H3. The van der Waals surface area contributed by atoms with Crippen LogP contribution in [0.1, 0.15) is 22.4 Å². The summed E-state index contributed by atoms with van der Waals surface area (Å²) in [7, 11) is 1.48. The van der Waals surface area contributed by atoms with Gasteiger partial charge < -0.3 is 15.2 Å². The van der Waals surface area contributed by atoms with Crippen LogP contribution >= 0.6 is 0 Å². The summed E-state index contributed by atoms with van der Waals surface area (Å²) in [6.45, 7) is 6.66. The lowest BCUT2D eigenvalue weighted by molar-refractivity contribution is 0.364. The zero-order valence-electron chi connectivity index (χ0n) is 12.7. The molecule has 2 N–H and O–H groups in total. The second-order valence-electron chi connectivity index (χ2n) is 4.96. The van der Waals surface area contributed by atoms with Gasteiger partial charge in [0.2, 0.25) is 0 Å². The van der Waals surface area contributed by atoms with E-state index in [0.29, 0.717) is 24.5 Å². The van der Waals surface area contributed by atoms with Crippen LogP contribution in [0.2, 0.25) is 0 Å². The Labute approximate surface area is 129 Å². The Bertz CT molecular complexity index is 669. The molecule has 0 radical (unpaired) electrons. The zero-order chi connectivity index (χ0) is 16.1. The molecule has 0 amide bonds. The lowest BCUT2D eigenvalue weighted by Gasteiger charge is -2.12. The molecule has 22 heavy (non-hydrogen) atoms. The van der Waals surface area contributed by atoms with Gasteiger partial charge in [0, 0.05) is 19.3 Å². The normalized spacial score (nSPS) is 10.5. The molecular weight excluding hydrogens is 283 g/mol. The average molecular weight is 302 g/mol. The number of aromatic hydroxyl groups is 1. The van der Waals surface area contributed by atoms with Crippen LogP contribution in [0, 0.1) is 12.7 Å². The molecule has 1 aromatic heterocycles. The van der Waals surface area contributed by atoms with E-state index in [0.717, 1.165) is 16.7 Å². The summed E-state index contributed by atoms with van der Waals surface area (Å²) in [6.07, 6.45) is 1.69. The smallest absolute Gasteiger partial charge is 0.148 e. The molecule has 0 bridgehead atoms. The van der Waals surface area contributed by atoms with Gasteiger partial charge in [-0.25, -0.2) is 9.37 Å². The van der Waals surface area contributed by atoms with Crippen LogP contribution in [0.5, 0.6) is 5.75 Å². The minimum Gasteiger partial charge on any atom is -0.505 e. The number of aromatic nitrogens is 1. The Balaban J connectivity index is 2.03. The highest BCUT2D eigenvalue weighted by Gasteiger charge is 2.13. The van der Waals surface area contributed by atoms with E-state index in [1.54, 1.807) is 18.3 Å². The predicted molar refractivity (Wildman–Crippen MR) is 83.6 cm³/mol. The summed E-state index contributed by atoms with van der Waals surface area (Å²) in [4.78, 5) is 4.18. The Morgan fingerprint density at radius 3 is 2.64 bits per heavy atom. The summed E-state index contributed by atoms with van der Waals surface area (Å²) < 4.78 is 17.8. The van der Waals surface area contributed by atoms with Gasteiger partial charge in [0.05, 0.1) is 7.11 Å². The third-order valence-corrected chi connectivity index (χ3v) is 3.48. The quantitative estimate of drug-likeness (QED) is 0.805. The van der Waals surface area contributed by atoms with Crippen molar-refractivity contribution in [1.29, 1.82) is 0 Å². The molecule has 0 unspecified atom stereocenters. The van der Waals surface area contributed by atoms with E-state index in [9.17, 15) is 9.50 Å².